The molecule has 1 amide bonds. The van der Waals surface area contributed by atoms with E-state index in [1.54, 1.807) is 7.11 Å². The summed E-state index contributed by atoms with van der Waals surface area (Å²) in [6.45, 7) is 3.81. The Morgan fingerprint density at radius 3 is 2.56 bits per heavy atom. The smallest absolute Gasteiger partial charge is 0.451 e. The lowest BCUT2D eigenvalue weighted by Crippen LogP contribution is -2.53. The van der Waals surface area contributed by atoms with Crippen molar-refractivity contribution in [1.29, 1.82) is 0 Å². The average molecular weight is 480 g/mol. The number of hydrogen-bond acceptors (Lipinski definition) is 8. The minimum Gasteiger partial charge on any atom is -0.487 e. The third-order valence-electron chi connectivity index (χ3n) is 6.18. The van der Waals surface area contributed by atoms with Crippen molar-refractivity contribution in [2.24, 2.45) is 0 Å². The van der Waals surface area contributed by atoms with Crippen molar-refractivity contribution in [2.75, 3.05) is 29.7 Å². The Labute approximate surface area is 195 Å². The van der Waals surface area contributed by atoms with Gasteiger partial charge in [0.2, 0.25) is 11.7 Å². The number of hydrogen-bond donors (Lipinski definition) is 2. The van der Waals surface area contributed by atoms with Crippen LogP contribution in [0, 0.1) is 6.92 Å². The molecule has 0 radical (unpaired) electrons. The van der Waals surface area contributed by atoms with Gasteiger partial charge in [-0.2, -0.15) is 13.2 Å². The number of aryl methyl sites for hydroxylation is 1. The van der Waals surface area contributed by atoms with Crippen LogP contribution in [-0.2, 0) is 15.7 Å². The first-order valence-corrected chi connectivity index (χ1v) is 11.0. The molecule has 2 aromatic heterocycles. The highest BCUT2D eigenvalue weighted by atomic mass is 19.4. The number of pyridine rings is 1. The molecule has 12 heteroatoms. The van der Waals surface area contributed by atoms with Gasteiger partial charge in [0, 0.05) is 39.1 Å². The Morgan fingerprint density at radius 1 is 1.29 bits per heavy atom. The Hall–Kier alpha value is -3.15. The van der Waals surface area contributed by atoms with Crippen LogP contribution in [0.3, 0.4) is 0 Å². The van der Waals surface area contributed by atoms with E-state index >= 15 is 0 Å². The van der Waals surface area contributed by atoms with E-state index in [2.05, 4.69) is 25.6 Å². The van der Waals surface area contributed by atoms with Crippen LogP contribution >= 0.6 is 0 Å². The second kappa shape index (κ2) is 9.24. The Bertz CT molecular complexity index is 1040. The number of carbonyl (C=O) groups excluding carboxylic acids is 1. The van der Waals surface area contributed by atoms with Gasteiger partial charge < -0.3 is 25.0 Å². The molecule has 0 bridgehead atoms. The summed E-state index contributed by atoms with van der Waals surface area (Å²) in [6.07, 6.45) is -0.925. The van der Waals surface area contributed by atoms with Crippen molar-refractivity contribution in [1.82, 2.24) is 15.0 Å². The summed E-state index contributed by atoms with van der Waals surface area (Å²) < 4.78 is 48.9. The van der Waals surface area contributed by atoms with Gasteiger partial charge in [-0.15, -0.1) is 0 Å². The predicted octanol–water partition coefficient (Wildman–Crippen LogP) is 3.40. The molecule has 1 aliphatic heterocycles. The number of alkyl halides is 3. The third-order valence-corrected chi connectivity index (χ3v) is 6.18. The van der Waals surface area contributed by atoms with Gasteiger partial charge in [0.1, 0.15) is 18.0 Å². The second-order valence-electron chi connectivity index (χ2n) is 8.51. The van der Waals surface area contributed by atoms with E-state index in [1.165, 1.54) is 0 Å². The molecule has 2 N–H and O–H groups in total. The van der Waals surface area contributed by atoms with Crippen molar-refractivity contribution in [3.05, 3.63) is 30.0 Å². The van der Waals surface area contributed by atoms with E-state index in [4.69, 9.17) is 9.47 Å². The molecular weight excluding hydrogens is 453 g/mol. The largest absolute Gasteiger partial charge is 0.487 e. The van der Waals surface area contributed by atoms with Gasteiger partial charge in [-0.3, -0.25) is 4.79 Å². The lowest BCUT2D eigenvalue weighted by molar-refractivity contribution is -0.145. The van der Waals surface area contributed by atoms with E-state index in [1.807, 2.05) is 31.9 Å². The quantitative estimate of drug-likeness (QED) is 0.622. The summed E-state index contributed by atoms with van der Waals surface area (Å²) in [6, 6.07) is 1.53. The van der Waals surface area contributed by atoms with Crippen LogP contribution in [0.4, 0.5) is 30.4 Å². The minimum absolute atomic E-state index is 0.0898. The number of amides is 1. The second-order valence-corrected chi connectivity index (χ2v) is 8.51. The van der Waals surface area contributed by atoms with Gasteiger partial charge in [0.15, 0.2) is 5.75 Å². The first-order chi connectivity index (χ1) is 16.1. The van der Waals surface area contributed by atoms with Gasteiger partial charge in [0.25, 0.3) is 0 Å². The standard InChI is InChI=1S/C22H27F3N6O3/c1-5-16(33-4)19-20(32)30-18-11(2)28-17(8-15(18)31(19)3)29-12-6-13(7-12)34-14-9-26-21(27-10-14)22(23,24)25/h8-10,12-13,16,19H,5-7H2,1-4H3,(H,28,29)(H,30,32)/t12?,13?,16-,19+/m1/s1. The number of rotatable bonds is 7. The highest BCUT2D eigenvalue weighted by Crippen LogP contribution is 2.37. The highest BCUT2D eigenvalue weighted by molar-refractivity contribution is 6.04. The van der Waals surface area contributed by atoms with Crippen LogP contribution < -0.4 is 20.3 Å². The minimum atomic E-state index is -4.58. The molecule has 1 fully saturated rings. The number of methoxy groups -OCH3 is 1. The van der Waals surface area contributed by atoms with Crippen LogP contribution in [-0.4, -0.2) is 59.3 Å². The fourth-order valence-corrected chi connectivity index (χ4v) is 4.33. The lowest BCUT2D eigenvalue weighted by Gasteiger charge is -2.40. The Kier molecular flexibility index (Phi) is 6.52. The first kappa shape index (κ1) is 24.0. The van der Waals surface area contributed by atoms with Crippen LogP contribution in [0.1, 0.15) is 37.7 Å². The first-order valence-electron chi connectivity index (χ1n) is 11.0. The van der Waals surface area contributed by atoms with Crippen molar-refractivity contribution in [2.45, 2.75) is 63.6 Å². The summed E-state index contributed by atoms with van der Waals surface area (Å²) in [7, 11) is 3.47. The molecule has 2 atom stereocenters. The zero-order valence-electron chi connectivity index (χ0n) is 19.3. The lowest BCUT2D eigenvalue weighted by atomic mass is 9.89. The van der Waals surface area contributed by atoms with Gasteiger partial charge in [-0.25, -0.2) is 15.0 Å². The molecule has 1 aliphatic carbocycles. The number of fused-ring (bicyclic) bond motifs is 1. The maximum Gasteiger partial charge on any atom is 0.451 e. The Balaban J connectivity index is 1.39. The van der Waals surface area contributed by atoms with E-state index in [-0.39, 0.29) is 29.9 Å². The molecular formula is C22H27F3N6O3. The third kappa shape index (κ3) is 4.72. The van der Waals surface area contributed by atoms with Crippen molar-refractivity contribution < 1.29 is 27.4 Å². The summed E-state index contributed by atoms with van der Waals surface area (Å²) >= 11 is 0. The maximum atomic E-state index is 12.7. The van der Waals surface area contributed by atoms with Crippen LogP contribution in [0.25, 0.3) is 0 Å². The van der Waals surface area contributed by atoms with Crippen molar-refractivity contribution in [3.8, 4) is 5.75 Å². The fourth-order valence-electron chi connectivity index (χ4n) is 4.33. The Morgan fingerprint density at radius 2 is 1.97 bits per heavy atom. The number of halogens is 3. The van der Waals surface area contributed by atoms with E-state index in [0.29, 0.717) is 36.5 Å². The molecule has 0 saturated heterocycles. The molecule has 9 nitrogen and oxygen atoms in total. The molecule has 3 heterocycles. The predicted molar refractivity (Wildman–Crippen MR) is 119 cm³/mol. The van der Waals surface area contributed by atoms with Crippen LogP contribution in [0.15, 0.2) is 18.5 Å². The number of anilines is 3. The molecule has 0 aromatic carbocycles. The zero-order valence-corrected chi connectivity index (χ0v) is 19.3. The molecule has 184 valence electrons. The SMILES string of the molecule is CC[C@@H](OC)[C@H]1C(=O)Nc2c(cc(NC3CC(Oc4cnc(C(F)(F)F)nc4)C3)nc2C)N1C. The van der Waals surface area contributed by atoms with Gasteiger partial charge in [-0.05, 0) is 13.3 Å². The van der Waals surface area contributed by atoms with E-state index in [0.717, 1.165) is 18.1 Å². The number of nitrogens with zero attached hydrogens (tertiary/aromatic N) is 4. The summed E-state index contributed by atoms with van der Waals surface area (Å²) in [5.41, 5.74) is 2.22. The van der Waals surface area contributed by atoms with Gasteiger partial charge in [0.05, 0.1) is 35.6 Å². The van der Waals surface area contributed by atoms with E-state index < -0.39 is 18.0 Å². The molecule has 2 aliphatic rings. The highest BCUT2D eigenvalue weighted by Gasteiger charge is 2.38. The van der Waals surface area contributed by atoms with Gasteiger partial charge >= 0.3 is 6.18 Å². The molecule has 1 saturated carbocycles. The number of ether oxygens (including phenoxy) is 2. The van der Waals surface area contributed by atoms with E-state index in [9.17, 15) is 18.0 Å². The monoisotopic (exact) mass is 480 g/mol. The summed E-state index contributed by atoms with van der Waals surface area (Å²) in [4.78, 5) is 25.8. The van der Waals surface area contributed by atoms with Crippen molar-refractivity contribution in [3.63, 3.8) is 0 Å². The molecule has 34 heavy (non-hydrogen) atoms. The molecule has 4 rings (SSSR count). The normalized spacial score (nSPS) is 23.0. The van der Waals surface area contributed by atoms with Crippen LogP contribution in [0.5, 0.6) is 5.75 Å². The van der Waals surface area contributed by atoms with Crippen LogP contribution in [0.2, 0.25) is 0 Å². The number of likely N-dealkylation sites (N-methyl/N-ethyl adjacent to an activating group) is 1. The molecule has 2 aromatic rings. The van der Waals surface area contributed by atoms with Crippen molar-refractivity contribution >= 4 is 23.1 Å². The average Bonchev–Trinajstić information content (AvgIpc) is 2.76. The summed E-state index contributed by atoms with van der Waals surface area (Å²) in [5, 5.41) is 6.34. The number of aromatic nitrogens is 3. The molecule has 0 spiro atoms. The summed E-state index contributed by atoms with van der Waals surface area (Å²) in [5.74, 6) is -0.447. The molecule has 0 unspecified atom stereocenters. The zero-order chi connectivity index (χ0) is 24.6. The fraction of sp³-hybridized carbons (Fsp3) is 0.545. The topological polar surface area (TPSA) is 102 Å². The maximum absolute atomic E-state index is 12.7. The number of nitrogens with one attached hydrogen (secondary N) is 2. The number of carbonyl (C=O) groups is 1. The van der Waals surface area contributed by atoms with Gasteiger partial charge in [-0.1, -0.05) is 6.92 Å².